The van der Waals surface area contributed by atoms with Gasteiger partial charge in [-0.15, -0.1) is 0 Å². The molecule has 0 amide bonds. The molecule has 2 heteroatoms. The molecule has 0 fully saturated rings. The average molecular weight is 252 g/mol. The van der Waals surface area contributed by atoms with Crippen LogP contribution in [0.15, 0.2) is 17.1 Å². The van der Waals surface area contributed by atoms with Crippen molar-refractivity contribution in [3.63, 3.8) is 0 Å². The first-order valence-electron chi connectivity index (χ1n) is 6.75. The van der Waals surface area contributed by atoms with Gasteiger partial charge in [0.25, 0.3) is 0 Å². The van der Waals surface area contributed by atoms with Crippen LogP contribution in [-0.4, -0.2) is 12.9 Å². The van der Waals surface area contributed by atoms with Gasteiger partial charge >= 0.3 is 0 Å². The summed E-state index contributed by atoms with van der Waals surface area (Å²) in [6, 6.07) is 4.59. The lowest BCUT2D eigenvalue weighted by Gasteiger charge is -2.29. The standard InChI is InChI=1S/C17H20N2/c1-9-8-14-10(2)7-11(3)17-15(14)16(12(9)4)18-13(5)19(17)6/h7-8H,1-6H3. The van der Waals surface area contributed by atoms with Crippen LogP contribution < -0.4 is 4.90 Å². The van der Waals surface area contributed by atoms with E-state index in [2.05, 4.69) is 58.7 Å². The van der Waals surface area contributed by atoms with Crippen molar-refractivity contribution in [3.8, 4) is 0 Å². The van der Waals surface area contributed by atoms with E-state index in [9.17, 15) is 0 Å². The Morgan fingerprint density at radius 2 is 1.58 bits per heavy atom. The molecule has 1 aliphatic rings. The number of benzene rings is 2. The van der Waals surface area contributed by atoms with Crippen LogP contribution in [0.4, 0.5) is 11.4 Å². The molecule has 1 heterocycles. The first-order chi connectivity index (χ1) is 8.91. The summed E-state index contributed by atoms with van der Waals surface area (Å²) in [7, 11) is 2.11. The van der Waals surface area contributed by atoms with Crippen molar-refractivity contribution >= 4 is 28.0 Å². The van der Waals surface area contributed by atoms with E-state index in [0.29, 0.717) is 0 Å². The predicted molar refractivity (Wildman–Crippen MR) is 84.1 cm³/mol. The maximum absolute atomic E-state index is 4.83. The minimum absolute atomic E-state index is 1.06. The summed E-state index contributed by atoms with van der Waals surface area (Å²) in [4.78, 5) is 7.04. The predicted octanol–water partition coefficient (Wildman–Crippen LogP) is 4.57. The third-order valence-corrected chi connectivity index (χ3v) is 4.38. The molecular weight excluding hydrogens is 232 g/mol. The van der Waals surface area contributed by atoms with Gasteiger partial charge in [0.05, 0.1) is 11.4 Å². The number of hydrogen-bond acceptors (Lipinski definition) is 2. The van der Waals surface area contributed by atoms with Crippen LogP contribution in [0.5, 0.6) is 0 Å². The Bertz CT molecular complexity index is 739. The van der Waals surface area contributed by atoms with E-state index in [1.54, 1.807) is 0 Å². The molecule has 0 aromatic heterocycles. The molecular formula is C17H20N2. The first kappa shape index (κ1) is 12.2. The largest absolute Gasteiger partial charge is 0.332 e. The summed E-state index contributed by atoms with van der Waals surface area (Å²) in [6.07, 6.45) is 0. The Labute approximate surface area is 114 Å². The van der Waals surface area contributed by atoms with E-state index in [0.717, 1.165) is 11.5 Å². The van der Waals surface area contributed by atoms with Crippen LogP contribution >= 0.6 is 0 Å². The second kappa shape index (κ2) is 3.83. The first-order valence-corrected chi connectivity index (χ1v) is 6.75. The molecule has 1 aliphatic heterocycles. The Balaban J connectivity index is 2.61. The van der Waals surface area contributed by atoms with Gasteiger partial charge in [0.2, 0.25) is 0 Å². The fraction of sp³-hybridized carbons (Fsp3) is 0.353. The minimum Gasteiger partial charge on any atom is -0.332 e. The summed E-state index contributed by atoms with van der Waals surface area (Å²) in [6.45, 7) is 10.8. The number of rotatable bonds is 0. The maximum Gasteiger partial charge on any atom is 0.106 e. The van der Waals surface area contributed by atoms with E-state index in [4.69, 9.17) is 4.99 Å². The van der Waals surface area contributed by atoms with E-state index >= 15 is 0 Å². The van der Waals surface area contributed by atoms with Gasteiger partial charge in [-0.1, -0.05) is 12.1 Å². The summed E-state index contributed by atoms with van der Waals surface area (Å²) in [5.41, 5.74) is 7.75. The maximum atomic E-state index is 4.83. The van der Waals surface area contributed by atoms with Crippen molar-refractivity contribution in [2.24, 2.45) is 4.99 Å². The highest BCUT2D eigenvalue weighted by Gasteiger charge is 2.22. The molecule has 0 radical (unpaired) electrons. The van der Waals surface area contributed by atoms with Crippen molar-refractivity contribution in [1.29, 1.82) is 0 Å². The van der Waals surface area contributed by atoms with Crippen molar-refractivity contribution in [3.05, 3.63) is 34.4 Å². The number of aryl methyl sites for hydroxylation is 3. The molecule has 0 saturated carbocycles. The van der Waals surface area contributed by atoms with Crippen LogP contribution in [0, 0.1) is 27.7 Å². The van der Waals surface area contributed by atoms with E-state index in [1.165, 1.54) is 38.7 Å². The minimum atomic E-state index is 1.06. The van der Waals surface area contributed by atoms with Crippen LogP contribution in [0.3, 0.4) is 0 Å². The van der Waals surface area contributed by atoms with E-state index in [-0.39, 0.29) is 0 Å². The zero-order chi connectivity index (χ0) is 13.9. The molecule has 0 spiro atoms. The van der Waals surface area contributed by atoms with Gasteiger partial charge in [-0.05, 0) is 62.3 Å². The number of amidine groups is 1. The Morgan fingerprint density at radius 3 is 2.26 bits per heavy atom. The fourth-order valence-electron chi connectivity index (χ4n) is 3.09. The zero-order valence-corrected chi connectivity index (χ0v) is 12.5. The van der Waals surface area contributed by atoms with Gasteiger partial charge in [-0.3, -0.25) is 0 Å². The fourth-order valence-corrected chi connectivity index (χ4v) is 3.09. The van der Waals surface area contributed by atoms with Gasteiger partial charge in [0.1, 0.15) is 5.84 Å². The molecule has 0 saturated heterocycles. The molecule has 2 aromatic rings. The monoisotopic (exact) mass is 252 g/mol. The summed E-state index contributed by atoms with van der Waals surface area (Å²) in [5.74, 6) is 1.06. The van der Waals surface area contributed by atoms with Gasteiger partial charge < -0.3 is 4.90 Å². The van der Waals surface area contributed by atoms with Crippen LogP contribution in [0.2, 0.25) is 0 Å². The highest BCUT2D eigenvalue weighted by molar-refractivity contribution is 6.16. The summed E-state index contributed by atoms with van der Waals surface area (Å²) in [5, 5.41) is 2.65. The lowest BCUT2D eigenvalue weighted by molar-refractivity contribution is 1.19. The molecule has 0 atom stereocenters. The number of hydrogen-bond donors (Lipinski definition) is 0. The van der Waals surface area contributed by atoms with Crippen molar-refractivity contribution in [2.75, 3.05) is 11.9 Å². The highest BCUT2D eigenvalue weighted by atomic mass is 15.2. The molecule has 3 rings (SSSR count). The number of nitrogens with zero attached hydrogens (tertiary/aromatic N) is 2. The van der Waals surface area contributed by atoms with Crippen molar-refractivity contribution in [2.45, 2.75) is 34.6 Å². The molecule has 2 nitrogen and oxygen atoms in total. The van der Waals surface area contributed by atoms with E-state index < -0.39 is 0 Å². The lowest BCUT2D eigenvalue weighted by atomic mass is 9.92. The zero-order valence-electron chi connectivity index (χ0n) is 12.5. The Hall–Kier alpha value is -1.83. The smallest absolute Gasteiger partial charge is 0.106 e. The van der Waals surface area contributed by atoms with E-state index in [1.807, 2.05) is 0 Å². The van der Waals surface area contributed by atoms with Gasteiger partial charge in [0, 0.05) is 12.4 Å². The second-order valence-electron chi connectivity index (χ2n) is 5.67. The Kier molecular flexibility index (Phi) is 2.46. The molecule has 0 bridgehead atoms. The average Bonchev–Trinajstić information content (AvgIpc) is 2.34. The lowest BCUT2D eigenvalue weighted by Crippen LogP contribution is -2.26. The van der Waals surface area contributed by atoms with Crippen LogP contribution in [0.25, 0.3) is 10.8 Å². The quantitative estimate of drug-likeness (QED) is 0.670. The third kappa shape index (κ3) is 1.52. The normalized spacial score (nSPS) is 14.0. The molecule has 98 valence electrons. The summed E-state index contributed by atoms with van der Waals surface area (Å²) < 4.78 is 0. The summed E-state index contributed by atoms with van der Waals surface area (Å²) >= 11 is 0. The topological polar surface area (TPSA) is 15.6 Å². The molecule has 2 aromatic carbocycles. The Morgan fingerprint density at radius 1 is 0.895 bits per heavy atom. The van der Waals surface area contributed by atoms with Crippen molar-refractivity contribution in [1.82, 2.24) is 0 Å². The van der Waals surface area contributed by atoms with Gasteiger partial charge in [-0.25, -0.2) is 4.99 Å². The van der Waals surface area contributed by atoms with Crippen molar-refractivity contribution < 1.29 is 0 Å². The molecule has 0 N–H and O–H groups in total. The SMILES string of the molecule is CC1=Nc2c(C)c(C)cc3c(C)cc(C)c(c23)N1C. The second-order valence-corrected chi connectivity index (χ2v) is 5.67. The molecule has 0 aliphatic carbocycles. The van der Waals surface area contributed by atoms with Crippen LogP contribution in [0.1, 0.15) is 29.2 Å². The number of anilines is 1. The number of aliphatic imine (C=N–C) groups is 1. The van der Waals surface area contributed by atoms with Gasteiger partial charge in [0.15, 0.2) is 0 Å². The van der Waals surface area contributed by atoms with Crippen LogP contribution in [-0.2, 0) is 0 Å². The molecule has 0 unspecified atom stereocenters. The molecule has 19 heavy (non-hydrogen) atoms. The highest BCUT2D eigenvalue weighted by Crippen LogP contribution is 2.44. The van der Waals surface area contributed by atoms with Gasteiger partial charge in [-0.2, -0.15) is 0 Å². The third-order valence-electron chi connectivity index (χ3n) is 4.38.